The molecule has 0 unspecified atom stereocenters. The van der Waals surface area contributed by atoms with Crippen LogP contribution in [0, 0.1) is 0 Å². The summed E-state index contributed by atoms with van der Waals surface area (Å²) < 4.78 is 0.945. The molecule has 110 valence electrons. The van der Waals surface area contributed by atoms with Crippen molar-refractivity contribution in [3.63, 3.8) is 0 Å². The maximum Gasteiger partial charge on any atom is 0.274 e. The van der Waals surface area contributed by atoms with E-state index >= 15 is 0 Å². The summed E-state index contributed by atoms with van der Waals surface area (Å²) in [6.45, 7) is 0.443. The SMILES string of the molecule is CN(Cc1ccccc1Br)C(=O)c1nc(NN)ccc1Cl. The van der Waals surface area contributed by atoms with Crippen molar-refractivity contribution in [2.24, 2.45) is 5.84 Å². The molecule has 1 aromatic carbocycles. The molecule has 0 spiro atoms. The van der Waals surface area contributed by atoms with Crippen LogP contribution in [-0.4, -0.2) is 22.8 Å². The summed E-state index contributed by atoms with van der Waals surface area (Å²) in [5.74, 6) is 5.42. The fraction of sp³-hybridized carbons (Fsp3) is 0.143. The van der Waals surface area contributed by atoms with Crippen molar-refractivity contribution in [1.82, 2.24) is 9.88 Å². The number of halogens is 2. The van der Waals surface area contributed by atoms with Crippen molar-refractivity contribution >= 4 is 39.3 Å². The minimum atomic E-state index is -0.271. The molecular formula is C14H14BrClN4O. The van der Waals surface area contributed by atoms with E-state index in [2.05, 4.69) is 26.3 Å². The molecule has 1 amide bonds. The number of anilines is 1. The van der Waals surface area contributed by atoms with E-state index in [1.165, 1.54) is 0 Å². The highest BCUT2D eigenvalue weighted by Crippen LogP contribution is 2.21. The lowest BCUT2D eigenvalue weighted by molar-refractivity contribution is 0.0779. The minimum Gasteiger partial charge on any atom is -0.336 e. The number of pyridine rings is 1. The molecule has 0 aliphatic carbocycles. The van der Waals surface area contributed by atoms with E-state index in [9.17, 15) is 4.79 Å². The molecule has 0 bridgehead atoms. The van der Waals surface area contributed by atoms with Gasteiger partial charge in [0.05, 0.1) is 5.02 Å². The summed E-state index contributed by atoms with van der Waals surface area (Å²) in [6, 6.07) is 10.9. The monoisotopic (exact) mass is 368 g/mol. The Morgan fingerprint density at radius 3 is 2.76 bits per heavy atom. The van der Waals surface area contributed by atoms with Gasteiger partial charge in [-0.15, -0.1) is 0 Å². The number of amides is 1. The molecule has 3 N–H and O–H groups in total. The van der Waals surface area contributed by atoms with Crippen molar-refractivity contribution < 1.29 is 4.79 Å². The molecule has 1 aromatic heterocycles. The second-order valence-electron chi connectivity index (χ2n) is 4.42. The number of benzene rings is 1. The predicted molar refractivity (Wildman–Crippen MR) is 87.0 cm³/mol. The lowest BCUT2D eigenvalue weighted by Crippen LogP contribution is -2.28. The molecular weight excluding hydrogens is 356 g/mol. The summed E-state index contributed by atoms with van der Waals surface area (Å²) in [5.41, 5.74) is 3.57. The van der Waals surface area contributed by atoms with Crippen LogP contribution in [0.1, 0.15) is 16.1 Å². The van der Waals surface area contributed by atoms with E-state index in [1.807, 2.05) is 24.3 Å². The molecule has 0 aliphatic rings. The average molecular weight is 370 g/mol. The molecule has 0 saturated carbocycles. The maximum absolute atomic E-state index is 12.4. The van der Waals surface area contributed by atoms with E-state index in [0.29, 0.717) is 12.4 Å². The van der Waals surface area contributed by atoms with E-state index in [1.54, 1.807) is 24.1 Å². The lowest BCUT2D eigenvalue weighted by atomic mass is 10.2. The maximum atomic E-state index is 12.4. The summed E-state index contributed by atoms with van der Waals surface area (Å²) in [7, 11) is 1.70. The van der Waals surface area contributed by atoms with Gasteiger partial charge in [0, 0.05) is 18.1 Å². The molecule has 0 saturated heterocycles. The quantitative estimate of drug-likeness (QED) is 0.642. The van der Waals surface area contributed by atoms with Gasteiger partial charge in [0.25, 0.3) is 5.91 Å². The second kappa shape index (κ2) is 6.89. The number of carbonyl (C=O) groups is 1. The zero-order valence-corrected chi connectivity index (χ0v) is 13.6. The first-order chi connectivity index (χ1) is 10.0. The Labute approximate surface area is 136 Å². The zero-order chi connectivity index (χ0) is 15.4. The Hall–Kier alpha value is -1.63. The van der Waals surface area contributed by atoms with E-state index in [0.717, 1.165) is 10.0 Å². The third-order valence-corrected chi connectivity index (χ3v) is 3.99. The van der Waals surface area contributed by atoms with Crippen molar-refractivity contribution in [1.29, 1.82) is 0 Å². The Balaban J connectivity index is 2.22. The highest BCUT2D eigenvalue weighted by Gasteiger charge is 2.18. The molecule has 1 heterocycles. The fourth-order valence-electron chi connectivity index (χ4n) is 1.81. The normalized spacial score (nSPS) is 10.3. The first kappa shape index (κ1) is 15.8. The van der Waals surface area contributed by atoms with Gasteiger partial charge in [-0.3, -0.25) is 4.79 Å². The fourth-order valence-corrected chi connectivity index (χ4v) is 2.40. The molecule has 0 atom stereocenters. The van der Waals surface area contributed by atoms with Crippen LogP contribution in [0.5, 0.6) is 0 Å². The van der Waals surface area contributed by atoms with Crippen molar-refractivity contribution in [3.05, 3.63) is 57.2 Å². The van der Waals surface area contributed by atoms with E-state index in [4.69, 9.17) is 17.4 Å². The van der Waals surface area contributed by atoms with Gasteiger partial charge in [-0.1, -0.05) is 45.7 Å². The number of aromatic nitrogens is 1. The first-order valence-corrected chi connectivity index (χ1v) is 7.32. The average Bonchev–Trinajstić information content (AvgIpc) is 2.49. The van der Waals surface area contributed by atoms with Gasteiger partial charge in [-0.2, -0.15) is 0 Å². The Morgan fingerprint density at radius 2 is 2.10 bits per heavy atom. The molecule has 5 nitrogen and oxygen atoms in total. The molecule has 21 heavy (non-hydrogen) atoms. The molecule has 0 fully saturated rings. The Kier molecular flexibility index (Phi) is 5.17. The van der Waals surface area contributed by atoms with Crippen LogP contribution in [0.4, 0.5) is 5.82 Å². The Morgan fingerprint density at radius 1 is 1.38 bits per heavy atom. The van der Waals surface area contributed by atoms with Gasteiger partial charge in [-0.25, -0.2) is 10.8 Å². The second-order valence-corrected chi connectivity index (χ2v) is 5.69. The van der Waals surface area contributed by atoms with Gasteiger partial charge >= 0.3 is 0 Å². The summed E-state index contributed by atoms with van der Waals surface area (Å²) >= 11 is 9.50. The largest absolute Gasteiger partial charge is 0.336 e. The predicted octanol–water partition coefficient (Wildman–Crippen LogP) is 3.06. The van der Waals surface area contributed by atoms with Crippen LogP contribution in [-0.2, 0) is 6.54 Å². The van der Waals surface area contributed by atoms with Gasteiger partial charge in [-0.05, 0) is 23.8 Å². The molecule has 2 aromatic rings. The topological polar surface area (TPSA) is 71.2 Å². The van der Waals surface area contributed by atoms with Crippen LogP contribution in [0.3, 0.4) is 0 Å². The third kappa shape index (κ3) is 3.72. The summed E-state index contributed by atoms with van der Waals surface area (Å²) in [5, 5.41) is 0.290. The van der Waals surface area contributed by atoms with Crippen molar-refractivity contribution in [2.75, 3.05) is 12.5 Å². The number of nitrogens with two attached hydrogens (primary N) is 1. The van der Waals surface area contributed by atoms with Crippen LogP contribution in [0.2, 0.25) is 5.02 Å². The number of hydrazine groups is 1. The number of carbonyl (C=O) groups excluding carboxylic acids is 1. The van der Waals surface area contributed by atoms with Crippen molar-refractivity contribution in [3.8, 4) is 0 Å². The molecule has 0 aliphatic heterocycles. The van der Waals surface area contributed by atoms with Crippen LogP contribution < -0.4 is 11.3 Å². The number of nitrogens with one attached hydrogen (secondary N) is 1. The highest BCUT2D eigenvalue weighted by molar-refractivity contribution is 9.10. The van der Waals surface area contributed by atoms with Crippen LogP contribution in [0.25, 0.3) is 0 Å². The van der Waals surface area contributed by atoms with Gasteiger partial charge in [0.1, 0.15) is 11.5 Å². The number of nitrogens with zero attached hydrogens (tertiary/aromatic N) is 2. The van der Waals surface area contributed by atoms with Crippen LogP contribution >= 0.6 is 27.5 Å². The standard InChI is InChI=1S/C14H14BrClN4O/c1-20(8-9-4-2-3-5-10(9)15)14(21)13-11(16)6-7-12(18-13)19-17/h2-7H,8,17H2,1H3,(H,18,19). The van der Waals surface area contributed by atoms with Gasteiger partial charge in [0.2, 0.25) is 0 Å². The molecule has 0 radical (unpaired) electrons. The highest BCUT2D eigenvalue weighted by atomic mass is 79.9. The number of hydrogen-bond acceptors (Lipinski definition) is 4. The summed E-state index contributed by atoms with van der Waals surface area (Å²) in [4.78, 5) is 18.1. The van der Waals surface area contributed by atoms with Crippen LogP contribution in [0.15, 0.2) is 40.9 Å². The lowest BCUT2D eigenvalue weighted by Gasteiger charge is -2.18. The zero-order valence-electron chi connectivity index (χ0n) is 11.3. The molecule has 7 heteroatoms. The number of rotatable bonds is 4. The smallest absolute Gasteiger partial charge is 0.274 e. The third-order valence-electron chi connectivity index (χ3n) is 2.91. The first-order valence-electron chi connectivity index (χ1n) is 6.15. The Bertz CT molecular complexity index is 665. The number of hydrogen-bond donors (Lipinski definition) is 2. The van der Waals surface area contributed by atoms with Gasteiger partial charge in [0.15, 0.2) is 0 Å². The minimum absolute atomic E-state index is 0.168. The summed E-state index contributed by atoms with van der Waals surface area (Å²) in [6.07, 6.45) is 0. The van der Waals surface area contributed by atoms with E-state index < -0.39 is 0 Å². The number of nitrogen functional groups attached to an aromatic ring is 1. The van der Waals surface area contributed by atoms with E-state index in [-0.39, 0.29) is 16.6 Å². The van der Waals surface area contributed by atoms with Gasteiger partial charge < -0.3 is 10.3 Å². The van der Waals surface area contributed by atoms with Crippen molar-refractivity contribution in [2.45, 2.75) is 6.54 Å². The molecule has 2 rings (SSSR count).